The van der Waals surface area contributed by atoms with Crippen LogP contribution >= 0.6 is 11.3 Å². The molecule has 0 saturated carbocycles. The lowest BCUT2D eigenvalue weighted by Gasteiger charge is -2.43. The van der Waals surface area contributed by atoms with E-state index in [9.17, 15) is 0 Å². The average Bonchev–Trinajstić information content (AvgIpc) is 3.19. The highest BCUT2D eigenvalue weighted by Gasteiger charge is 2.41. The fraction of sp³-hybridized carbons (Fsp3) is 0.625. The lowest BCUT2D eigenvalue weighted by molar-refractivity contribution is -0.0968. The standard InChI is InChI=1S/C16H21N3O2S/c1-2-13-17-14(21-18-13)11-19-7-5-16(6-8-19)15-12(3-9-20-16)4-10-22-15/h4,10H,2-3,5-9,11H2,1H3. The first-order chi connectivity index (χ1) is 10.8. The summed E-state index contributed by atoms with van der Waals surface area (Å²) in [6.07, 6.45) is 3.98. The van der Waals surface area contributed by atoms with E-state index in [1.54, 1.807) is 0 Å². The van der Waals surface area contributed by atoms with Crippen LogP contribution in [0.2, 0.25) is 0 Å². The minimum atomic E-state index is -0.0400. The fourth-order valence-electron chi connectivity index (χ4n) is 3.49. The van der Waals surface area contributed by atoms with Crippen LogP contribution in [0.5, 0.6) is 0 Å². The first kappa shape index (κ1) is 14.4. The van der Waals surface area contributed by atoms with Crippen molar-refractivity contribution in [2.75, 3.05) is 19.7 Å². The van der Waals surface area contributed by atoms with Crippen LogP contribution in [0.1, 0.15) is 41.9 Å². The predicted octanol–water partition coefficient (Wildman–Crippen LogP) is 2.76. The first-order valence-electron chi connectivity index (χ1n) is 8.04. The Balaban J connectivity index is 1.43. The summed E-state index contributed by atoms with van der Waals surface area (Å²) >= 11 is 1.86. The Morgan fingerprint density at radius 1 is 1.36 bits per heavy atom. The van der Waals surface area contributed by atoms with Gasteiger partial charge >= 0.3 is 0 Å². The second-order valence-electron chi connectivity index (χ2n) is 6.10. The Kier molecular flexibility index (Phi) is 3.76. The zero-order chi connectivity index (χ0) is 15.0. The molecule has 0 aromatic carbocycles. The molecule has 2 aromatic heterocycles. The van der Waals surface area contributed by atoms with Gasteiger partial charge in [-0.25, -0.2) is 0 Å². The largest absolute Gasteiger partial charge is 0.369 e. The number of thiophene rings is 1. The van der Waals surface area contributed by atoms with Crippen molar-refractivity contribution in [3.05, 3.63) is 33.6 Å². The lowest BCUT2D eigenvalue weighted by atomic mass is 9.85. The van der Waals surface area contributed by atoms with Crippen molar-refractivity contribution >= 4 is 11.3 Å². The van der Waals surface area contributed by atoms with Crippen LogP contribution in [0.3, 0.4) is 0 Å². The molecule has 4 heterocycles. The maximum Gasteiger partial charge on any atom is 0.240 e. The van der Waals surface area contributed by atoms with Gasteiger partial charge < -0.3 is 9.26 Å². The van der Waals surface area contributed by atoms with Gasteiger partial charge in [0, 0.05) is 24.4 Å². The van der Waals surface area contributed by atoms with E-state index in [1.165, 1.54) is 10.4 Å². The average molecular weight is 319 g/mol. The summed E-state index contributed by atoms with van der Waals surface area (Å²) in [5.74, 6) is 1.52. The van der Waals surface area contributed by atoms with Crippen molar-refractivity contribution in [1.29, 1.82) is 0 Å². The van der Waals surface area contributed by atoms with Crippen LogP contribution in [0.25, 0.3) is 0 Å². The maximum atomic E-state index is 6.24. The van der Waals surface area contributed by atoms with Gasteiger partial charge in [0.05, 0.1) is 13.2 Å². The van der Waals surface area contributed by atoms with E-state index in [-0.39, 0.29) is 5.60 Å². The third-order valence-corrected chi connectivity index (χ3v) is 5.90. The van der Waals surface area contributed by atoms with Crippen LogP contribution < -0.4 is 0 Å². The molecule has 0 bridgehead atoms. The van der Waals surface area contributed by atoms with Gasteiger partial charge in [0.25, 0.3) is 0 Å². The summed E-state index contributed by atoms with van der Waals surface area (Å²) in [6, 6.07) is 2.27. The molecule has 6 heteroatoms. The number of aryl methyl sites for hydroxylation is 1. The van der Waals surface area contributed by atoms with Crippen LogP contribution in [0, 0.1) is 0 Å². The van der Waals surface area contributed by atoms with E-state index in [4.69, 9.17) is 9.26 Å². The molecule has 118 valence electrons. The van der Waals surface area contributed by atoms with Crippen molar-refractivity contribution in [3.63, 3.8) is 0 Å². The van der Waals surface area contributed by atoms with Gasteiger partial charge in [0.1, 0.15) is 5.60 Å². The SMILES string of the molecule is CCc1noc(CN2CCC3(CC2)OCCc2ccsc23)n1. The number of nitrogens with zero attached hydrogens (tertiary/aromatic N) is 3. The molecule has 1 spiro atoms. The van der Waals surface area contributed by atoms with Gasteiger partial charge in [0.15, 0.2) is 5.82 Å². The van der Waals surface area contributed by atoms with Crippen molar-refractivity contribution < 1.29 is 9.26 Å². The van der Waals surface area contributed by atoms with Gasteiger partial charge in [-0.1, -0.05) is 12.1 Å². The van der Waals surface area contributed by atoms with Crippen LogP contribution in [0.15, 0.2) is 16.0 Å². The molecule has 0 atom stereocenters. The minimum absolute atomic E-state index is 0.0400. The monoisotopic (exact) mass is 319 g/mol. The Hall–Kier alpha value is -1.24. The topological polar surface area (TPSA) is 51.4 Å². The minimum Gasteiger partial charge on any atom is -0.369 e. The predicted molar refractivity (Wildman–Crippen MR) is 83.8 cm³/mol. The number of ether oxygens (including phenoxy) is 1. The molecule has 5 nitrogen and oxygen atoms in total. The molecular formula is C16H21N3O2S. The van der Waals surface area contributed by atoms with E-state index in [1.807, 2.05) is 18.3 Å². The smallest absolute Gasteiger partial charge is 0.240 e. The number of rotatable bonds is 3. The Bertz CT molecular complexity index is 643. The normalized spacial score (nSPS) is 21.1. The number of hydrogen-bond donors (Lipinski definition) is 0. The summed E-state index contributed by atoms with van der Waals surface area (Å²) in [6.45, 7) is 5.67. The zero-order valence-corrected chi connectivity index (χ0v) is 13.7. The first-order valence-corrected chi connectivity index (χ1v) is 8.92. The molecule has 4 rings (SSSR count). The lowest BCUT2D eigenvalue weighted by Crippen LogP contribution is -2.45. The third-order valence-electron chi connectivity index (χ3n) is 4.76. The molecule has 2 aliphatic heterocycles. The van der Waals surface area contributed by atoms with Crippen LogP contribution in [-0.2, 0) is 29.7 Å². The van der Waals surface area contributed by atoms with E-state index < -0.39 is 0 Å². The second-order valence-corrected chi connectivity index (χ2v) is 7.02. The van der Waals surface area contributed by atoms with Gasteiger partial charge in [-0.05, 0) is 36.3 Å². The van der Waals surface area contributed by atoms with Gasteiger partial charge in [-0.15, -0.1) is 11.3 Å². The molecule has 0 aliphatic carbocycles. The Morgan fingerprint density at radius 2 is 2.23 bits per heavy atom. The summed E-state index contributed by atoms with van der Waals surface area (Å²) in [5, 5.41) is 6.18. The highest BCUT2D eigenvalue weighted by molar-refractivity contribution is 7.10. The number of aromatic nitrogens is 2. The molecule has 1 fully saturated rings. The number of likely N-dealkylation sites (tertiary alicyclic amines) is 1. The number of hydrogen-bond acceptors (Lipinski definition) is 6. The number of piperidine rings is 1. The fourth-order valence-corrected chi connectivity index (χ4v) is 4.66. The molecule has 2 aromatic rings. The molecule has 0 radical (unpaired) electrons. The highest BCUT2D eigenvalue weighted by atomic mass is 32.1. The zero-order valence-electron chi connectivity index (χ0n) is 12.9. The second kappa shape index (κ2) is 5.76. The number of fused-ring (bicyclic) bond motifs is 2. The van der Waals surface area contributed by atoms with Crippen molar-refractivity contribution in [2.45, 2.75) is 44.8 Å². The van der Waals surface area contributed by atoms with E-state index in [0.29, 0.717) is 0 Å². The Labute approximate surface area is 134 Å². The molecular weight excluding hydrogens is 298 g/mol. The van der Waals surface area contributed by atoms with Gasteiger partial charge in [0.2, 0.25) is 5.89 Å². The maximum absolute atomic E-state index is 6.24. The summed E-state index contributed by atoms with van der Waals surface area (Å²) in [5.41, 5.74) is 1.45. The van der Waals surface area contributed by atoms with E-state index in [0.717, 1.165) is 63.6 Å². The van der Waals surface area contributed by atoms with Crippen molar-refractivity contribution in [1.82, 2.24) is 15.0 Å². The van der Waals surface area contributed by atoms with E-state index in [2.05, 4.69) is 26.5 Å². The van der Waals surface area contributed by atoms with Crippen LogP contribution in [0.4, 0.5) is 0 Å². The van der Waals surface area contributed by atoms with Crippen LogP contribution in [-0.4, -0.2) is 34.7 Å². The van der Waals surface area contributed by atoms with Gasteiger partial charge in [-0.2, -0.15) is 4.98 Å². The summed E-state index contributed by atoms with van der Waals surface area (Å²) in [4.78, 5) is 8.26. The molecule has 2 aliphatic rings. The highest BCUT2D eigenvalue weighted by Crippen LogP contribution is 2.44. The molecule has 22 heavy (non-hydrogen) atoms. The third kappa shape index (κ3) is 2.49. The quantitative estimate of drug-likeness (QED) is 0.871. The summed E-state index contributed by atoms with van der Waals surface area (Å²) in [7, 11) is 0. The van der Waals surface area contributed by atoms with E-state index >= 15 is 0 Å². The Morgan fingerprint density at radius 3 is 3.00 bits per heavy atom. The molecule has 1 saturated heterocycles. The van der Waals surface area contributed by atoms with Gasteiger partial charge in [-0.3, -0.25) is 4.90 Å². The molecule has 0 amide bonds. The van der Waals surface area contributed by atoms with Crippen molar-refractivity contribution in [2.24, 2.45) is 0 Å². The molecule has 0 N–H and O–H groups in total. The van der Waals surface area contributed by atoms with Crippen molar-refractivity contribution in [3.8, 4) is 0 Å². The summed E-state index contributed by atoms with van der Waals surface area (Å²) < 4.78 is 11.6. The molecule has 0 unspecified atom stereocenters.